The van der Waals surface area contributed by atoms with Crippen molar-refractivity contribution in [3.05, 3.63) is 77.6 Å². The Morgan fingerprint density at radius 2 is 1.90 bits per heavy atom. The quantitative estimate of drug-likeness (QED) is 0.595. The molecule has 1 amide bonds. The third-order valence-electron chi connectivity index (χ3n) is 4.58. The highest BCUT2D eigenvalue weighted by atomic mass is 32.2. The molecular formula is C20H21FN4O4S. The summed E-state index contributed by atoms with van der Waals surface area (Å²) in [5.41, 5.74) is 0.738. The summed E-state index contributed by atoms with van der Waals surface area (Å²) in [7, 11) is 0.542. The lowest BCUT2D eigenvalue weighted by Crippen LogP contribution is -2.31. The molecule has 30 heavy (non-hydrogen) atoms. The summed E-state index contributed by atoms with van der Waals surface area (Å²) in [5.74, 6) is -0.283. The highest BCUT2D eigenvalue weighted by molar-refractivity contribution is 7.89. The molecule has 0 spiro atoms. The van der Waals surface area contributed by atoms with Gasteiger partial charge in [0, 0.05) is 25.0 Å². The zero-order chi connectivity index (χ0) is 21.9. The first kappa shape index (κ1) is 21.5. The molecule has 0 bridgehead atoms. The van der Waals surface area contributed by atoms with E-state index in [4.69, 9.17) is 4.74 Å². The first-order valence-corrected chi connectivity index (χ1v) is 10.4. The average Bonchev–Trinajstić information content (AvgIpc) is 3.17. The van der Waals surface area contributed by atoms with E-state index >= 15 is 0 Å². The van der Waals surface area contributed by atoms with Gasteiger partial charge in [0.05, 0.1) is 7.11 Å². The minimum atomic E-state index is -3.85. The monoisotopic (exact) mass is 432 g/mol. The van der Waals surface area contributed by atoms with Crippen LogP contribution in [0, 0.1) is 5.82 Å². The number of methoxy groups -OCH3 is 1. The van der Waals surface area contributed by atoms with Gasteiger partial charge >= 0.3 is 0 Å². The van der Waals surface area contributed by atoms with Gasteiger partial charge in [-0.3, -0.25) is 4.79 Å². The van der Waals surface area contributed by atoms with Gasteiger partial charge < -0.3 is 14.6 Å². The molecule has 10 heteroatoms. The molecule has 1 unspecified atom stereocenters. The highest BCUT2D eigenvalue weighted by Crippen LogP contribution is 2.26. The Labute approximate surface area is 173 Å². The van der Waals surface area contributed by atoms with Crippen LogP contribution in [0.15, 0.2) is 59.8 Å². The average molecular weight is 432 g/mol. The summed E-state index contributed by atoms with van der Waals surface area (Å²) >= 11 is 0. The molecule has 1 atom stereocenters. The first-order valence-electron chi connectivity index (χ1n) is 8.92. The fourth-order valence-corrected chi connectivity index (χ4v) is 3.88. The molecule has 0 aliphatic heterocycles. The van der Waals surface area contributed by atoms with E-state index in [1.54, 1.807) is 36.1 Å². The molecule has 2 aromatic carbocycles. The predicted molar refractivity (Wildman–Crippen MR) is 108 cm³/mol. The summed E-state index contributed by atoms with van der Waals surface area (Å²) in [6, 6.07) is 9.13. The Morgan fingerprint density at radius 3 is 2.47 bits per heavy atom. The second-order valence-electron chi connectivity index (χ2n) is 6.43. The van der Waals surface area contributed by atoms with E-state index in [-0.39, 0.29) is 16.2 Å². The molecule has 0 saturated heterocycles. The Balaban J connectivity index is 2.00. The fourth-order valence-electron chi connectivity index (χ4n) is 2.96. The van der Waals surface area contributed by atoms with E-state index in [1.165, 1.54) is 44.5 Å². The standard InChI is InChI=1S/C20H21FN4O4S/c1-22-30(27,28)17-12-14(6-9-16(17)29-3)20(26)24-18(19-23-10-11-25(19)2)13-4-7-15(21)8-5-13/h4-12,18,22H,1-3H3,(H,24,26). The van der Waals surface area contributed by atoms with E-state index in [1.807, 2.05) is 0 Å². The molecule has 2 N–H and O–H groups in total. The van der Waals surface area contributed by atoms with Gasteiger partial charge in [0.2, 0.25) is 10.0 Å². The Morgan fingerprint density at radius 1 is 1.20 bits per heavy atom. The van der Waals surface area contributed by atoms with E-state index in [0.717, 1.165) is 0 Å². The Bertz CT molecular complexity index is 1160. The molecule has 0 aliphatic carbocycles. The van der Waals surface area contributed by atoms with Crippen molar-refractivity contribution < 1.29 is 22.3 Å². The van der Waals surface area contributed by atoms with Gasteiger partial charge in [-0.1, -0.05) is 12.1 Å². The second kappa shape index (κ2) is 8.64. The molecular weight excluding hydrogens is 411 g/mol. The largest absolute Gasteiger partial charge is 0.495 e. The number of ether oxygens (including phenoxy) is 1. The topological polar surface area (TPSA) is 102 Å². The van der Waals surface area contributed by atoms with Crippen LogP contribution < -0.4 is 14.8 Å². The van der Waals surface area contributed by atoms with Crippen molar-refractivity contribution >= 4 is 15.9 Å². The number of nitrogens with zero attached hydrogens (tertiary/aromatic N) is 2. The maximum Gasteiger partial charge on any atom is 0.252 e. The van der Waals surface area contributed by atoms with Crippen molar-refractivity contribution in [1.82, 2.24) is 19.6 Å². The lowest BCUT2D eigenvalue weighted by molar-refractivity contribution is 0.0941. The Kier molecular flexibility index (Phi) is 6.18. The highest BCUT2D eigenvalue weighted by Gasteiger charge is 2.24. The van der Waals surface area contributed by atoms with Crippen LogP contribution in [0.3, 0.4) is 0 Å². The maximum absolute atomic E-state index is 13.4. The van der Waals surface area contributed by atoms with Crippen LogP contribution in [-0.2, 0) is 17.1 Å². The first-order chi connectivity index (χ1) is 14.3. The van der Waals surface area contributed by atoms with Gasteiger partial charge in [-0.2, -0.15) is 0 Å². The van der Waals surface area contributed by atoms with Gasteiger partial charge in [0.25, 0.3) is 5.91 Å². The molecule has 1 heterocycles. The molecule has 3 rings (SSSR count). The van der Waals surface area contributed by atoms with Gasteiger partial charge in [-0.25, -0.2) is 22.5 Å². The van der Waals surface area contributed by atoms with Crippen LogP contribution in [0.1, 0.15) is 27.8 Å². The number of hydrogen-bond donors (Lipinski definition) is 2. The zero-order valence-corrected chi connectivity index (χ0v) is 17.4. The SMILES string of the molecule is CNS(=O)(=O)c1cc(C(=O)NC(c2ccc(F)cc2)c2nccn2C)ccc1OC. The summed E-state index contributed by atoms with van der Waals surface area (Å²) in [6.45, 7) is 0. The molecule has 1 aromatic heterocycles. The van der Waals surface area contributed by atoms with Crippen molar-refractivity contribution in [3.8, 4) is 5.75 Å². The molecule has 158 valence electrons. The van der Waals surface area contributed by atoms with Crippen molar-refractivity contribution in [2.24, 2.45) is 7.05 Å². The smallest absolute Gasteiger partial charge is 0.252 e. The second-order valence-corrected chi connectivity index (χ2v) is 8.28. The molecule has 0 radical (unpaired) electrons. The number of halogens is 1. The van der Waals surface area contributed by atoms with Crippen molar-refractivity contribution in [2.45, 2.75) is 10.9 Å². The van der Waals surface area contributed by atoms with Crippen LogP contribution in [0.4, 0.5) is 4.39 Å². The Hall–Kier alpha value is -3.24. The number of nitrogens with one attached hydrogen (secondary N) is 2. The maximum atomic E-state index is 13.4. The summed E-state index contributed by atoms with van der Waals surface area (Å²) in [6.07, 6.45) is 3.31. The van der Waals surface area contributed by atoms with E-state index in [2.05, 4.69) is 15.0 Å². The van der Waals surface area contributed by atoms with Gasteiger partial charge in [-0.05, 0) is 42.9 Å². The van der Waals surface area contributed by atoms with E-state index in [0.29, 0.717) is 11.4 Å². The summed E-state index contributed by atoms with van der Waals surface area (Å²) in [4.78, 5) is 17.1. The number of hydrogen-bond acceptors (Lipinski definition) is 5. The summed E-state index contributed by atoms with van der Waals surface area (Å²) < 4.78 is 47.0. The number of amides is 1. The number of aromatic nitrogens is 2. The van der Waals surface area contributed by atoms with Crippen molar-refractivity contribution in [2.75, 3.05) is 14.2 Å². The van der Waals surface area contributed by atoms with Crippen LogP contribution in [0.2, 0.25) is 0 Å². The van der Waals surface area contributed by atoms with Crippen LogP contribution >= 0.6 is 0 Å². The third kappa shape index (κ3) is 4.34. The van der Waals surface area contributed by atoms with E-state index in [9.17, 15) is 17.6 Å². The zero-order valence-electron chi connectivity index (χ0n) is 16.6. The fraction of sp³-hybridized carbons (Fsp3) is 0.200. The van der Waals surface area contributed by atoms with Crippen LogP contribution in [0.25, 0.3) is 0 Å². The molecule has 0 aliphatic rings. The number of aryl methyl sites for hydroxylation is 1. The summed E-state index contributed by atoms with van der Waals surface area (Å²) in [5, 5.41) is 2.85. The van der Waals surface area contributed by atoms with Crippen LogP contribution in [0.5, 0.6) is 5.75 Å². The van der Waals surface area contributed by atoms with Gasteiger partial charge in [0.1, 0.15) is 28.3 Å². The number of sulfonamides is 1. The normalized spacial score (nSPS) is 12.4. The van der Waals surface area contributed by atoms with Crippen molar-refractivity contribution in [1.29, 1.82) is 0 Å². The predicted octanol–water partition coefficient (Wildman–Crippen LogP) is 2.00. The lowest BCUT2D eigenvalue weighted by atomic mass is 10.1. The minimum absolute atomic E-state index is 0.111. The molecule has 8 nitrogen and oxygen atoms in total. The lowest BCUT2D eigenvalue weighted by Gasteiger charge is -2.20. The number of rotatable bonds is 7. The van der Waals surface area contributed by atoms with Gasteiger partial charge in [-0.15, -0.1) is 0 Å². The minimum Gasteiger partial charge on any atom is -0.495 e. The van der Waals surface area contributed by atoms with E-state index < -0.39 is 27.8 Å². The molecule has 3 aromatic rings. The van der Waals surface area contributed by atoms with Crippen molar-refractivity contribution in [3.63, 3.8) is 0 Å². The van der Waals surface area contributed by atoms with Crippen LogP contribution in [-0.4, -0.2) is 38.0 Å². The third-order valence-corrected chi connectivity index (χ3v) is 6.02. The number of imidazole rings is 1. The molecule has 0 saturated carbocycles. The molecule has 0 fully saturated rings. The number of carbonyl (C=O) groups is 1. The number of carbonyl (C=O) groups excluding carboxylic acids is 1. The van der Waals surface area contributed by atoms with Gasteiger partial charge in [0.15, 0.2) is 0 Å². The number of benzene rings is 2.